The van der Waals surface area contributed by atoms with Crippen LogP contribution in [0.25, 0.3) is 0 Å². The molecule has 1 atom stereocenters. The molecule has 0 aliphatic carbocycles. The molecule has 1 unspecified atom stereocenters. The summed E-state index contributed by atoms with van der Waals surface area (Å²) in [5.74, 6) is 1.58. The molecule has 2 heterocycles. The Morgan fingerprint density at radius 2 is 2.18 bits per heavy atom. The van der Waals surface area contributed by atoms with Crippen molar-refractivity contribution in [2.24, 2.45) is 0 Å². The first-order valence-electron chi connectivity index (χ1n) is 5.62. The third-order valence-electron chi connectivity index (χ3n) is 2.69. The van der Waals surface area contributed by atoms with E-state index in [0.29, 0.717) is 11.5 Å². The Kier molecular flexibility index (Phi) is 4.42. The normalized spacial score (nSPS) is 22.7. The maximum absolute atomic E-state index is 11.2. The van der Waals surface area contributed by atoms with Gasteiger partial charge < -0.3 is 5.32 Å². The average Bonchev–Trinajstić information content (AvgIpc) is 2.66. The molecule has 1 aromatic rings. The molecule has 0 spiro atoms. The van der Waals surface area contributed by atoms with Crippen LogP contribution in [0.1, 0.15) is 6.42 Å². The molecule has 6 heteroatoms. The number of thioether (sulfide) groups is 1. The van der Waals surface area contributed by atoms with Gasteiger partial charge in [-0.3, -0.25) is 4.98 Å². The van der Waals surface area contributed by atoms with E-state index in [2.05, 4.69) is 10.3 Å². The lowest BCUT2D eigenvalue weighted by atomic mass is 10.3. The third kappa shape index (κ3) is 4.29. The molecule has 94 valence electrons. The Morgan fingerprint density at radius 1 is 1.41 bits per heavy atom. The van der Waals surface area contributed by atoms with Gasteiger partial charge in [0.15, 0.2) is 9.84 Å². The van der Waals surface area contributed by atoms with Gasteiger partial charge in [-0.1, -0.05) is 0 Å². The van der Waals surface area contributed by atoms with Crippen LogP contribution >= 0.6 is 11.8 Å². The van der Waals surface area contributed by atoms with Crippen LogP contribution < -0.4 is 5.32 Å². The van der Waals surface area contributed by atoms with Crippen LogP contribution in [0.15, 0.2) is 29.4 Å². The van der Waals surface area contributed by atoms with E-state index in [9.17, 15) is 8.42 Å². The maximum atomic E-state index is 11.2. The predicted octanol–water partition coefficient (Wildman–Crippen LogP) is 0.950. The highest BCUT2D eigenvalue weighted by atomic mass is 32.2. The summed E-state index contributed by atoms with van der Waals surface area (Å²) >= 11 is 1.75. The van der Waals surface area contributed by atoms with E-state index >= 15 is 0 Å². The van der Waals surface area contributed by atoms with Gasteiger partial charge in [0.2, 0.25) is 0 Å². The van der Waals surface area contributed by atoms with E-state index in [1.165, 1.54) is 4.90 Å². The quantitative estimate of drug-likeness (QED) is 0.639. The third-order valence-corrected chi connectivity index (χ3v) is 5.47. The molecule has 0 amide bonds. The van der Waals surface area contributed by atoms with Crippen molar-refractivity contribution < 1.29 is 8.42 Å². The second-order valence-electron chi connectivity index (χ2n) is 4.09. The topological polar surface area (TPSA) is 59.1 Å². The Morgan fingerprint density at radius 3 is 2.82 bits per heavy atom. The summed E-state index contributed by atoms with van der Waals surface area (Å²) in [5, 5.41) is 3.29. The lowest BCUT2D eigenvalue weighted by molar-refractivity contribution is 0.575. The van der Waals surface area contributed by atoms with Gasteiger partial charge in [0, 0.05) is 35.6 Å². The number of aromatic nitrogens is 1. The van der Waals surface area contributed by atoms with Crippen molar-refractivity contribution in [1.82, 2.24) is 10.3 Å². The number of rotatable bonds is 5. The first-order chi connectivity index (χ1) is 8.16. The lowest BCUT2D eigenvalue weighted by Crippen LogP contribution is -2.31. The number of pyridine rings is 1. The molecule has 1 fully saturated rings. The van der Waals surface area contributed by atoms with Gasteiger partial charge in [0.25, 0.3) is 0 Å². The zero-order valence-corrected chi connectivity index (χ0v) is 11.1. The number of hydrogen-bond acceptors (Lipinski definition) is 5. The first-order valence-corrected chi connectivity index (χ1v) is 8.43. The Bertz CT molecular complexity index is 448. The minimum Gasteiger partial charge on any atom is -0.312 e. The maximum Gasteiger partial charge on any atom is 0.151 e. The van der Waals surface area contributed by atoms with E-state index in [0.717, 1.165) is 18.7 Å². The molecule has 4 nitrogen and oxygen atoms in total. The largest absolute Gasteiger partial charge is 0.312 e. The predicted molar refractivity (Wildman–Crippen MR) is 70.0 cm³/mol. The SMILES string of the molecule is O=S1(=O)CCC(NCCSc2ccncc2)C1. The van der Waals surface area contributed by atoms with E-state index in [1.807, 2.05) is 12.1 Å². The minimum atomic E-state index is -2.76. The van der Waals surface area contributed by atoms with E-state index in [1.54, 1.807) is 24.2 Å². The molecule has 0 saturated carbocycles. The van der Waals surface area contributed by atoms with Crippen LogP contribution in [0.2, 0.25) is 0 Å². The summed E-state index contributed by atoms with van der Waals surface area (Å²) in [6.07, 6.45) is 4.31. The molecular formula is C11H16N2O2S2. The van der Waals surface area contributed by atoms with E-state index < -0.39 is 9.84 Å². The fraction of sp³-hybridized carbons (Fsp3) is 0.545. The van der Waals surface area contributed by atoms with Gasteiger partial charge >= 0.3 is 0 Å². The van der Waals surface area contributed by atoms with Crippen molar-refractivity contribution in [3.63, 3.8) is 0 Å². The molecule has 0 aromatic carbocycles. The number of hydrogen-bond donors (Lipinski definition) is 1. The summed E-state index contributed by atoms with van der Waals surface area (Å²) in [6, 6.07) is 4.10. The van der Waals surface area contributed by atoms with Gasteiger partial charge in [0.05, 0.1) is 11.5 Å². The van der Waals surface area contributed by atoms with E-state index in [-0.39, 0.29) is 6.04 Å². The zero-order valence-electron chi connectivity index (χ0n) is 9.50. The summed E-state index contributed by atoms with van der Waals surface area (Å²) in [7, 11) is -2.76. The Labute approximate surface area is 106 Å². The fourth-order valence-corrected chi connectivity index (χ4v) is 4.30. The Balaban J connectivity index is 1.64. The van der Waals surface area contributed by atoms with Gasteiger partial charge in [-0.15, -0.1) is 11.8 Å². The molecule has 1 saturated heterocycles. The number of sulfone groups is 1. The van der Waals surface area contributed by atoms with Gasteiger partial charge in [-0.05, 0) is 18.6 Å². The zero-order chi connectivity index (χ0) is 12.1. The van der Waals surface area contributed by atoms with Crippen molar-refractivity contribution in [2.75, 3.05) is 23.8 Å². The fourth-order valence-electron chi connectivity index (χ4n) is 1.82. The summed E-state index contributed by atoms with van der Waals surface area (Å²) < 4.78 is 22.5. The van der Waals surface area contributed by atoms with Crippen LogP contribution in [0.5, 0.6) is 0 Å². The molecule has 17 heavy (non-hydrogen) atoms. The number of nitrogens with zero attached hydrogens (tertiary/aromatic N) is 1. The monoisotopic (exact) mass is 272 g/mol. The first kappa shape index (κ1) is 12.9. The Hall–Kier alpha value is -0.590. The van der Waals surface area contributed by atoms with Crippen molar-refractivity contribution in [2.45, 2.75) is 17.4 Å². The van der Waals surface area contributed by atoms with Crippen LogP contribution in [-0.2, 0) is 9.84 Å². The van der Waals surface area contributed by atoms with Crippen LogP contribution in [0, 0.1) is 0 Å². The van der Waals surface area contributed by atoms with E-state index in [4.69, 9.17) is 0 Å². The van der Waals surface area contributed by atoms with Crippen LogP contribution in [0.3, 0.4) is 0 Å². The van der Waals surface area contributed by atoms with Crippen molar-refractivity contribution in [3.05, 3.63) is 24.5 Å². The molecule has 0 bridgehead atoms. The highest BCUT2D eigenvalue weighted by molar-refractivity contribution is 7.99. The molecule has 1 aliphatic heterocycles. The summed E-state index contributed by atoms with van der Waals surface area (Å²) in [6.45, 7) is 0.840. The molecule has 1 N–H and O–H groups in total. The highest BCUT2D eigenvalue weighted by Crippen LogP contribution is 2.16. The second-order valence-corrected chi connectivity index (χ2v) is 7.48. The van der Waals surface area contributed by atoms with Crippen molar-refractivity contribution in [1.29, 1.82) is 0 Å². The van der Waals surface area contributed by atoms with Gasteiger partial charge in [-0.2, -0.15) is 0 Å². The average molecular weight is 272 g/mol. The second kappa shape index (κ2) is 5.84. The van der Waals surface area contributed by atoms with Gasteiger partial charge in [-0.25, -0.2) is 8.42 Å². The number of nitrogens with one attached hydrogen (secondary N) is 1. The molecular weight excluding hydrogens is 256 g/mol. The summed E-state index contributed by atoms with van der Waals surface area (Å²) in [4.78, 5) is 5.15. The van der Waals surface area contributed by atoms with Crippen molar-refractivity contribution in [3.8, 4) is 0 Å². The standard InChI is InChI=1S/C11H16N2O2S2/c14-17(15)8-3-10(9-17)13-6-7-16-11-1-4-12-5-2-11/h1-2,4-5,10,13H,3,6-9H2. The molecule has 1 aliphatic rings. The molecule has 2 rings (SSSR count). The smallest absolute Gasteiger partial charge is 0.151 e. The molecule has 1 aromatic heterocycles. The lowest BCUT2D eigenvalue weighted by Gasteiger charge is -2.09. The van der Waals surface area contributed by atoms with Crippen LogP contribution in [0.4, 0.5) is 0 Å². The van der Waals surface area contributed by atoms with Crippen molar-refractivity contribution >= 4 is 21.6 Å². The summed E-state index contributed by atoms with van der Waals surface area (Å²) in [5.41, 5.74) is 0. The molecule has 0 radical (unpaired) electrons. The van der Waals surface area contributed by atoms with Gasteiger partial charge in [0.1, 0.15) is 0 Å². The highest BCUT2D eigenvalue weighted by Gasteiger charge is 2.26. The van der Waals surface area contributed by atoms with Crippen LogP contribution in [-0.4, -0.2) is 43.2 Å². The minimum absolute atomic E-state index is 0.151.